The van der Waals surface area contributed by atoms with Gasteiger partial charge in [-0.05, 0) is 48.9 Å². The fourth-order valence-corrected chi connectivity index (χ4v) is 5.10. The first-order valence-electron chi connectivity index (χ1n) is 9.94. The molecule has 174 valence electrons. The molecule has 1 heterocycles. The number of hydrogen-bond donors (Lipinski definition) is 2. The first kappa shape index (κ1) is 23.9. The molecular formula is C23H17Cl2FN4O3S. The zero-order chi connectivity index (χ0) is 24.5. The quantitative estimate of drug-likeness (QED) is 0.357. The van der Waals surface area contributed by atoms with Crippen molar-refractivity contribution in [3.63, 3.8) is 0 Å². The molecule has 0 radical (unpaired) electrons. The molecule has 2 N–H and O–H groups in total. The molecule has 0 saturated carbocycles. The zero-order valence-corrected chi connectivity index (χ0v) is 19.9. The van der Waals surface area contributed by atoms with Gasteiger partial charge in [0.05, 0.1) is 32.9 Å². The van der Waals surface area contributed by atoms with Gasteiger partial charge in [0.1, 0.15) is 16.2 Å². The van der Waals surface area contributed by atoms with Gasteiger partial charge in [-0.3, -0.25) is 19.5 Å². The van der Waals surface area contributed by atoms with Crippen LogP contribution in [0.5, 0.6) is 0 Å². The Hall–Kier alpha value is -3.27. The molecule has 0 spiro atoms. The van der Waals surface area contributed by atoms with E-state index in [9.17, 15) is 17.6 Å². The Morgan fingerprint density at radius 2 is 1.76 bits per heavy atom. The van der Waals surface area contributed by atoms with Crippen LogP contribution in [-0.2, 0) is 10.0 Å². The van der Waals surface area contributed by atoms with Crippen molar-refractivity contribution in [2.24, 2.45) is 0 Å². The largest absolute Gasteiger partial charge is 0.345 e. The molecule has 0 aliphatic rings. The predicted octanol–water partition coefficient (Wildman–Crippen LogP) is 5.37. The molecule has 11 heteroatoms. The molecule has 34 heavy (non-hydrogen) atoms. The van der Waals surface area contributed by atoms with Crippen LogP contribution in [0.15, 0.2) is 71.9 Å². The van der Waals surface area contributed by atoms with Crippen LogP contribution >= 0.6 is 23.2 Å². The van der Waals surface area contributed by atoms with Crippen LogP contribution in [0.1, 0.15) is 28.9 Å². The summed E-state index contributed by atoms with van der Waals surface area (Å²) < 4.78 is 42.7. The third-order valence-corrected chi connectivity index (χ3v) is 7.25. The smallest absolute Gasteiger partial charge is 0.264 e. The van der Waals surface area contributed by atoms with Gasteiger partial charge in [-0.2, -0.15) is 0 Å². The van der Waals surface area contributed by atoms with E-state index in [1.54, 1.807) is 31.2 Å². The van der Waals surface area contributed by atoms with Gasteiger partial charge in [-0.15, -0.1) is 0 Å². The lowest BCUT2D eigenvalue weighted by Gasteiger charge is -2.18. The molecule has 1 unspecified atom stereocenters. The molecule has 3 aromatic carbocycles. The SMILES string of the molecule is CC(NC(=O)c1ccc(F)cc1NS(=O)(=O)c1cccc2nccnc12)c1cccc(Cl)c1Cl. The van der Waals surface area contributed by atoms with Gasteiger partial charge in [0.15, 0.2) is 0 Å². The standard InChI is InChI=1S/C23H17Cl2FN4O3S/c1-13(15-4-2-5-17(24)21(15)25)29-23(31)16-9-8-14(26)12-19(16)30-34(32,33)20-7-3-6-18-22(20)28-11-10-27-18/h2-13,30H,1H3,(H,29,31). The maximum atomic E-state index is 14.0. The van der Waals surface area contributed by atoms with E-state index in [1.165, 1.54) is 30.6 Å². The van der Waals surface area contributed by atoms with Crippen LogP contribution in [0, 0.1) is 5.82 Å². The number of fused-ring (bicyclic) bond motifs is 1. The maximum absolute atomic E-state index is 14.0. The number of carbonyl (C=O) groups excluding carboxylic acids is 1. The predicted molar refractivity (Wildman–Crippen MR) is 129 cm³/mol. The molecule has 0 fully saturated rings. The van der Waals surface area contributed by atoms with E-state index in [0.717, 1.165) is 12.1 Å². The van der Waals surface area contributed by atoms with Crippen LogP contribution in [0.2, 0.25) is 10.0 Å². The summed E-state index contributed by atoms with van der Waals surface area (Å²) in [6, 6.07) is 12.1. The fraction of sp³-hybridized carbons (Fsp3) is 0.0870. The summed E-state index contributed by atoms with van der Waals surface area (Å²) >= 11 is 12.3. The molecule has 0 aliphatic heterocycles. The first-order valence-corrected chi connectivity index (χ1v) is 12.2. The number of amides is 1. The van der Waals surface area contributed by atoms with E-state index in [4.69, 9.17) is 23.2 Å². The van der Waals surface area contributed by atoms with Crippen molar-refractivity contribution in [1.82, 2.24) is 15.3 Å². The number of nitrogens with zero attached hydrogens (tertiary/aromatic N) is 2. The molecule has 7 nitrogen and oxygen atoms in total. The van der Waals surface area contributed by atoms with Crippen molar-refractivity contribution in [1.29, 1.82) is 0 Å². The molecule has 4 rings (SSSR count). The number of rotatable bonds is 6. The van der Waals surface area contributed by atoms with Gasteiger partial charge in [-0.25, -0.2) is 12.8 Å². The van der Waals surface area contributed by atoms with E-state index >= 15 is 0 Å². The van der Waals surface area contributed by atoms with Crippen molar-refractivity contribution in [2.75, 3.05) is 4.72 Å². The van der Waals surface area contributed by atoms with Gasteiger partial charge in [-0.1, -0.05) is 41.4 Å². The molecular weight excluding hydrogens is 502 g/mol. The summed E-state index contributed by atoms with van der Waals surface area (Å²) in [7, 11) is -4.24. The van der Waals surface area contributed by atoms with E-state index < -0.39 is 27.8 Å². The third-order valence-electron chi connectivity index (χ3n) is 5.02. The Balaban J connectivity index is 1.67. The molecule has 1 atom stereocenters. The summed E-state index contributed by atoms with van der Waals surface area (Å²) in [6.45, 7) is 1.69. The van der Waals surface area contributed by atoms with Crippen molar-refractivity contribution in [3.8, 4) is 0 Å². The lowest BCUT2D eigenvalue weighted by molar-refractivity contribution is 0.0941. The Kier molecular flexibility index (Phi) is 6.70. The zero-order valence-electron chi connectivity index (χ0n) is 17.6. The Morgan fingerprint density at radius 1 is 1.03 bits per heavy atom. The lowest BCUT2D eigenvalue weighted by atomic mass is 10.1. The highest BCUT2D eigenvalue weighted by Crippen LogP contribution is 2.30. The van der Waals surface area contributed by atoms with Crippen LogP contribution in [0.3, 0.4) is 0 Å². The van der Waals surface area contributed by atoms with Gasteiger partial charge >= 0.3 is 0 Å². The van der Waals surface area contributed by atoms with Gasteiger partial charge in [0.25, 0.3) is 15.9 Å². The van der Waals surface area contributed by atoms with Gasteiger partial charge in [0, 0.05) is 12.4 Å². The van der Waals surface area contributed by atoms with Crippen molar-refractivity contribution in [2.45, 2.75) is 17.9 Å². The Bertz CT molecular complexity index is 1510. The molecule has 1 aromatic heterocycles. The van der Waals surface area contributed by atoms with E-state index in [-0.39, 0.29) is 26.7 Å². The Morgan fingerprint density at radius 3 is 2.56 bits per heavy atom. The van der Waals surface area contributed by atoms with Gasteiger partial charge in [0.2, 0.25) is 0 Å². The van der Waals surface area contributed by atoms with Crippen molar-refractivity contribution < 1.29 is 17.6 Å². The minimum Gasteiger partial charge on any atom is -0.345 e. The number of anilines is 1. The number of nitrogens with one attached hydrogen (secondary N) is 2. The number of sulfonamides is 1. The highest BCUT2D eigenvalue weighted by molar-refractivity contribution is 7.93. The number of hydrogen-bond acceptors (Lipinski definition) is 5. The van der Waals surface area contributed by atoms with Crippen LogP contribution < -0.4 is 10.0 Å². The summed E-state index contributed by atoms with van der Waals surface area (Å²) in [5.41, 5.74) is 0.768. The van der Waals surface area contributed by atoms with Gasteiger partial charge < -0.3 is 5.32 Å². The second kappa shape index (κ2) is 9.54. The maximum Gasteiger partial charge on any atom is 0.264 e. The highest BCUT2D eigenvalue weighted by atomic mass is 35.5. The molecule has 4 aromatic rings. The van der Waals surface area contributed by atoms with Crippen LogP contribution in [0.25, 0.3) is 11.0 Å². The second-order valence-electron chi connectivity index (χ2n) is 7.31. The monoisotopic (exact) mass is 518 g/mol. The number of halogens is 3. The van der Waals surface area contributed by atoms with Crippen LogP contribution in [0.4, 0.5) is 10.1 Å². The first-order chi connectivity index (χ1) is 16.2. The summed E-state index contributed by atoms with van der Waals surface area (Å²) in [6.07, 6.45) is 2.80. The number of aromatic nitrogens is 2. The summed E-state index contributed by atoms with van der Waals surface area (Å²) in [4.78, 5) is 21.1. The van der Waals surface area contributed by atoms with E-state index in [0.29, 0.717) is 16.1 Å². The summed E-state index contributed by atoms with van der Waals surface area (Å²) in [5.74, 6) is -1.36. The average Bonchev–Trinajstić information content (AvgIpc) is 2.80. The second-order valence-corrected chi connectivity index (χ2v) is 9.75. The molecule has 1 amide bonds. The lowest BCUT2D eigenvalue weighted by Crippen LogP contribution is -2.28. The number of benzene rings is 3. The number of carbonyl (C=O) groups is 1. The third kappa shape index (κ3) is 4.82. The molecule has 0 aliphatic carbocycles. The Labute approximate surface area is 205 Å². The average molecular weight is 519 g/mol. The molecule has 0 saturated heterocycles. The normalized spacial score (nSPS) is 12.4. The van der Waals surface area contributed by atoms with Crippen molar-refractivity contribution in [3.05, 3.63) is 94.0 Å². The number of para-hydroxylation sites is 1. The van der Waals surface area contributed by atoms with E-state index in [2.05, 4.69) is 20.0 Å². The van der Waals surface area contributed by atoms with E-state index in [1.807, 2.05) is 0 Å². The fourth-order valence-electron chi connectivity index (χ4n) is 3.39. The molecule has 0 bridgehead atoms. The minimum atomic E-state index is -4.24. The highest BCUT2D eigenvalue weighted by Gasteiger charge is 2.23. The van der Waals surface area contributed by atoms with Crippen LogP contribution in [-0.4, -0.2) is 24.3 Å². The minimum absolute atomic E-state index is 0.0821. The summed E-state index contributed by atoms with van der Waals surface area (Å²) in [5, 5.41) is 3.35. The van der Waals surface area contributed by atoms with Crippen molar-refractivity contribution >= 4 is 55.9 Å². The topological polar surface area (TPSA) is 101 Å².